The molecule has 0 aliphatic carbocycles. The minimum atomic E-state index is -0.229. The molecule has 1 aliphatic rings. The summed E-state index contributed by atoms with van der Waals surface area (Å²) in [7, 11) is 0. The number of piperidine rings is 1. The predicted octanol–water partition coefficient (Wildman–Crippen LogP) is 1.94. The Morgan fingerprint density at radius 2 is 2.29 bits per heavy atom. The second-order valence-corrected chi connectivity index (χ2v) is 6.79. The van der Waals surface area contributed by atoms with E-state index in [9.17, 15) is 4.79 Å². The van der Waals surface area contributed by atoms with E-state index in [0.29, 0.717) is 18.9 Å². The standard InChI is InChI=1S/C19H27N7O.HI/c1-2-22-19(25-8-3-4-15(13-25)10-17(20)27)24-12-16-5-6-18(23-11-16)26-9-7-21-14-26;/h5-7,9,11,14-15H,2-4,8,10,12-13H2,1H3,(H2,20,27)(H,22,24);1H. The quantitative estimate of drug-likeness (QED) is 0.361. The molecular weight excluding hydrogens is 469 g/mol. The Balaban J connectivity index is 0.00000280. The van der Waals surface area contributed by atoms with Crippen LogP contribution in [0.1, 0.15) is 31.7 Å². The second kappa shape index (κ2) is 11.0. The van der Waals surface area contributed by atoms with E-state index in [1.165, 1.54) is 0 Å². The van der Waals surface area contributed by atoms with Crippen LogP contribution in [0.5, 0.6) is 0 Å². The monoisotopic (exact) mass is 497 g/mol. The number of hydrogen-bond acceptors (Lipinski definition) is 4. The Hall–Kier alpha value is -2.17. The normalized spacial score (nSPS) is 17.1. The first-order valence-corrected chi connectivity index (χ1v) is 9.40. The molecule has 3 N–H and O–H groups in total. The number of amides is 1. The number of aromatic nitrogens is 3. The summed E-state index contributed by atoms with van der Waals surface area (Å²) in [5.41, 5.74) is 6.41. The van der Waals surface area contributed by atoms with Crippen molar-refractivity contribution in [3.63, 3.8) is 0 Å². The minimum absolute atomic E-state index is 0. The number of guanidine groups is 1. The zero-order valence-corrected chi connectivity index (χ0v) is 18.5. The van der Waals surface area contributed by atoms with Crippen LogP contribution in [-0.2, 0) is 11.3 Å². The average molecular weight is 497 g/mol. The maximum Gasteiger partial charge on any atom is 0.217 e. The number of aliphatic imine (C=N–C) groups is 1. The van der Waals surface area contributed by atoms with Crippen LogP contribution in [0.25, 0.3) is 5.82 Å². The molecule has 3 heterocycles. The first-order chi connectivity index (χ1) is 13.2. The third kappa shape index (κ3) is 6.18. The van der Waals surface area contributed by atoms with Gasteiger partial charge in [-0.05, 0) is 37.3 Å². The van der Waals surface area contributed by atoms with Crippen molar-refractivity contribution in [2.24, 2.45) is 16.6 Å². The van der Waals surface area contributed by atoms with Gasteiger partial charge in [-0.25, -0.2) is 15.0 Å². The lowest BCUT2D eigenvalue weighted by Crippen LogP contribution is -2.47. The van der Waals surface area contributed by atoms with Gasteiger partial charge in [0.2, 0.25) is 5.91 Å². The van der Waals surface area contributed by atoms with Crippen LogP contribution in [-0.4, -0.2) is 50.9 Å². The van der Waals surface area contributed by atoms with Gasteiger partial charge in [0.25, 0.3) is 0 Å². The number of nitrogens with two attached hydrogens (primary N) is 1. The highest BCUT2D eigenvalue weighted by Crippen LogP contribution is 2.19. The van der Waals surface area contributed by atoms with Crippen LogP contribution in [0, 0.1) is 5.92 Å². The molecule has 2 aromatic heterocycles. The lowest BCUT2D eigenvalue weighted by Gasteiger charge is -2.34. The molecule has 152 valence electrons. The molecule has 8 nitrogen and oxygen atoms in total. The van der Waals surface area contributed by atoms with Gasteiger partial charge in [-0.1, -0.05) is 6.07 Å². The number of rotatable bonds is 6. The fourth-order valence-electron chi connectivity index (χ4n) is 3.36. The summed E-state index contributed by atoms with van der Waals surface area (Å²) in [6, 6.07) is 3.99. The smallest absolute Gasteiger partial charge is 0.217 e. The lowest BCUT2D eigenvalue weighted by atomic mass is 9.95. The Bertz CT molecular complexity index is 761. The van der Waals surface area contributed by atoms with E-state index in [0.717, 1.165) is 49.8 Å². The van der Waals surface area contributed by atoms with Crippen LogP contribution in [0.3, 0.4) is 0 Å². The molecular formula is C19H28IN7O. The molecule has 0 spiro atoms. The Morgan fingerprint density at radius 3 is 2.93 bits per heavy atom. The highest BCUT2D eigenvalue weighted by molar-refractivity contribution is 14.0. The average Bonchev–Trinajstić information content (AvgIpc) is 3.20. The number of likely N-dealkylation sites (tertiary alicyclic amines) is 1. The summed E-state index contributed by atoms with van der Waals surface area (Å²) in [6.07, 6.45) is 9.68. The van der Waals surface area contributed by atoms with E-state index in [2.05, 4.69) is 27.1 Å². The number of imidazole rings is 1. The molecule has 1 unspecified atom stereocenters. The molecule has 0 bridgehead atoms. The van der Waals surface area contributed by atoms with E-state index in [4.69, 9.17) is 10.7 Å². The van der Waals surface area contributed by atoms with Crippen molar-refractivity contribution >= 4 is 35.8 Å². The molecule has 1 atom stereocenters. The molecule has 3 rings (SSSR count). The van der Waals surface area contributed by atoms with E-state index < -0.39 is 0 Å². The Kier molecular flexibility index (Phi) is 8.68. The van der Waals surface area contributed by atoms with Crippen molar-refractivity contribution in [3.05, 3.63) is 42.6 Å². The highest BCUT2D eigenvalue weighted by Gasteiger charge is 2.23. The summed E-state index contributed by atoms with van der Waals surface area (Å²) < 4.78 is 1.86. The zero-order chi connectivity index (χ0) is 19.1. The Morgan fingerprint density at radius 1 is 1.43 bits per heavy atom. The zero-order valence-electron chi connectivity index (χ0n) is 16.1. The maximum absolute atomic E-state index is 11.2. The molecule has 0 aromatic carbocycles. The van der Waals surface area contributed by atoms with Crippen LogP contribution < -0.4 is 11.1 Å². The molecule has 2 aromatic rings. The minimum Gasteiger partial charge on any atom is -0.370 e. The first kappa shape index (κ1) is 22.1. The number of primary amides is 1. The number of carbonyl (C=O) groups is 1. The van der Waals surface area contributed by atoms with E-state index in [-0.39, 0.29) is 29.9 Å². The van der Waals surface area contributed by atoms with Crippen molar-refractivity contribution in [3.8, 4) is 5.82 Å². The fourth-order valence-corrected chi connectivity index (χ4v) is 3.36. The van der Waals surface area contributed by atoms with Crippen LogP contribution in [0.4, 0.5) is 0 Å². The number of nitrogens with one attached hydrogen (secondary N) is 1. The molecule has 0 radical (unpaired) electrons. The lowest BCUT2D eigenvalue weighted by molar-refractivity contribution is -0.119. The molecule has 1 saturated heterocycles. The largest absolute Gasteiger partial charge is 0.370 e. The summed E-state index contributed by atoms with van der Waals surface area (Å²) in [6.45, 7) is 5.16. The summed E-state index contributed by atoms with van der Waals surface area (Å²) >= 11 is 0. The number of halogens is 1. The maximum atomic E-state index is 11.2. The Labute approximate surface area is 182 Å². The van der Waals surface area contributed by atoms with E-state index in [1.807, 2.05) is 29.1 Å². The van der Waals surface area contributed by atoms with Crippen molar-refractivity contribution in [1.29, 1.82) is 0 Å². The highest BCUT2D eigenvalue weighted by atomic mass is 127. The van der Waals surface area contributed by atoms with Crippen molar-refractivity contribution in [1.82, 2.24) is 24.8 Å². The number of carbonyl (C=O) groups excluding carboxylic acids is 1. The summed E-state index contributed by atoms with van der Waals surface area (Å²) in [5.74, 6) is 1.78. The fraction of sp³-hybridized carbons (Fsp3) is 0.474. The van der Waals surface area contributed by atoms with E-state index >= 15 is 0 Å². The van der Waals surface area contributed by atoms with Crippen LogP contribution in [0.15, 0.2) is 42.0 Å². The van der Waals surface area contributed by atoms with E-state index in [1.54, 1.807) is 12.5 Å². The second-order valence-electron chi connectivity index (χ2n) is 6.79. The van der Waals surface area contributed by atoms with Crippen LogP contribution in [0.2, 0.25) is 0 Å². The van der Waals surface area contributed by atoms with Gasteiger partial charge in [-0.3, -0.25) is 9.36 Å². The third-order valence-corrected chi connectivity index (χ3v) is 4.63. The van der Waals surface area contributed by atoms with Crippen molar-refractivity contribution in [2.75, 3.05) is 19.6 Å². The molecule has 9 heteroatoms. The number of hydrogen-bond donors (Lipinski definition) is 2. The molecule has 1 fully saturated rings. The molecule has 1 amide bonds. The van der Waals surface area contributed by atoms with Crippen LogP contribution >= 0.6 is 24.0 Å². The summed E-state index contributed by atoms with van der Waals surface area (Å²) in [4.78, 5) is 26.7. The van der Waals surface area contributed by atoms with Gasteiger partial charge >= 0.3 is 0 Å². The van der Waals surface area contributed by atoms with Crippen molar-refractivity contribution in [2.45, 2.75) is 32.7 Å². The SMILES string of the molecule is CCNC(=NCc1ccc(-n2ccnc2)nc1)N1CCCC(CC(N)=O)C1.I. The van der Waals surface area contributed by atoms with Gasteiger partial charge in [0.15, 0.2) is 5.96 Å². The summed E-state index contributed by atoms with van der Waals surface area (Å²) in [5, 5.41) is 3.36. The topological polar surface area (TPSA) is 101 Å². The third-order valence-electron chi connectivity index (χ3n) is 4.63. The predicted molar refractivity (Wildman–Crippen MR) is 120 cm³/mol. The van der Waals surface area contributed by atoms with Gasteiger partial charge in [0.1, 0.15) is 12.1 Å². The molecule has 0 saturated carbocycles. The van der Waals surface area contributed by atoms with Gasteiger partial charge in [0, 0.05) is 44.6 Å². The van der Waals surface area contributed by atoms with Crippen molar-refractivity contribution < 1.29 is 4.79 Å². The van der Waals surface area contributed by atoms with Gasteiger partial charge in [-0.15, -0.1) is 24.0 Å². The number of nitrogens with zero attached hydrogens (tertiary/aromatic N) is 5. The molecule has 1 aliphatic heterocycles. The number of pyridine rings is 1. The molecule has 28 heavy (non-hydrogen) atoms. The first-order valence-electron chi connectivity index (χ1n) is 9.40. The van der Waals surface area contributed by atoms with Gasteiger partial charge < -0.3 is 16.0 Å². The van der Waals surface area contributed by atoms with Gasteiger partial charge in [0.05, 0.1) is 6.54 Å². The van der Waals surface area contributed by atoms with Gasteiger partial charge in [-0.2, -0.15) is 0 Å².